The predicted octanol–water partition coefficient (Wildman–Crippen LogP) is 2.21. The molecule has 0 radical (unpaired) electrons. The van der Waals surface area contributed by atoms with Crippen molar-refractivity contribution < 1.29 is 14.4 Å². The minimum Gasteiger partial charge on any atom is -0.334 e. The lowest BCUT2D eigenvalue weighted by Crippen LogP contribution is -2.46. The number of carbonyl (C=O) groups is 3. The van der Waals surface area contributed by atoms with Gasteiger partial charge in [-0.3, -0.25) is 14.5 Å². The summed E-state index contributed by atoms with van der Waals surface area (Å²) in [6.07, 6.45) is 5.10. The van der Waals surface area contributed by atoms with Crippen molar-refractivity contribution in [2.24, 2.45) is 0 Å². The lowest BCUT2D eigenvalue weighted by molar-refractivity contribution is -0.139. The van der Waals surface area contributed by atoms with Gasteiger partial charge in [-0.1, -0.05) is 43.2 Å². The number of imide groups is 1. The number of hydrogen-bond donors (Lipinski definition) is 1. The van der Waals surface area contributed by atoms with E-state index in [-0.39, 0.29) is 24.4 Å². The van der Waals surface area contributed by atoms with E-state index >= 15 is 0 Å². The van der Waals surface area contributed by atoms with E-state index in [1.807, 2.05) is 35.2 Å². The van der Waals surface area contributed by atoms with Crippen LogP contribution in [0.3, 0.4) is 0 Å². The van der Waals surface area contributed by atoms with E-state index in [1.165, 1.54) is 0 Å². The molecule has 3 fully saturated rings. The summed E-state index contributed by atoms with van der Waals surface area (Å²) in [5, 5.41) is 2.83. The van der Waals surface area contributed by atoms with E-state index in [4.69, 9.17) is 0 Å². The second kappa shape index (κ2) is 6.17. The van der Waals surface area contributed by atoms with E-state index in [0.29, 0.717) is 19.4 Å². The van der Waals surface area contributed by atoms with Crippen molar-refractivity contribution in [1.82, 2.24) is 15.1 Å². The molecule has 3 aliphatic rings. The number of nitrogens with zero attached hydrogens (tertiary/aromatic N) is 2. The third kappa shape index (κ3) is 2.69. The first-order valence-corrected chi connectivity index (χ1v) is 9.09. The van der Waals surface area contributed by atoms with Gasteiger partial charge >= 0.3 is 6.03 Å². The van der Waals surface area contributed by atoms with Crippen LogP contribution < -0.4 is 5.32 Å². The van der Waals surface area contributed by atoms with Crippen molar-refractivity contribution in [3.63, 3.8) is 0 Å². The van der Waals surface area contributed by atoms with Gasteiger partial charge in [0, 0.05) is 6.54 Å². The number of urea groups is 1. The summed E-state index contributed by atoms with van der Waals surface area (Å²) in [6.45, 7) is 0.517. The molecule has 0 aromatic heterocycles. The van der Waals surface area contributed by atoms with E-state index in [9.17, 15) is 14.4 Å². The van der Waals surface area contributed by atoms with E-state index in [1.54, 1.807) is 0 Å². The highest BCUT2D eigenvalue weighted by molar-refractivity contribution is 6.09. The summed E-state index contributed by atoms with van der Waals surface area (Å²) in [5.74, 6) is -0.372. The molecule has 6 nitrogen and oxygen atoms in total. The van der Waals surface area contributed by atoms with Crippen molar-refractivity contribution in [2.75, 3.05) is 13.1 Å². The highest BCUT2D eigenvalue weighted by Crippen LogP contribution is 2.36. The molecule has 1 atom stereocenters. The zero-order chi connectivity index (χ0) is 17.4. The molecule has 2 saturated heterocycles. The van der Waals surface area contributed by atoms with Gasteiger partial charge in [0.1, 0.15) is 12.1 Å². The fourth-order valence-electron chi connectivity index (χ4n) is 4.45. The van der Waals surface area contributed by atoms with Crippen LogP contribution in [0.5, 0.6) is 0 Å². The van der Waals surface area contributed by atoms with Crippen LogP contribution in [0.4, 0.5) is 4.79 Å². The van der Waals surface area contributed by atoms with Crippen molar-refractivity contribution in [1.29, 1.82) is 0 Å². The molecule has 1 aliphatic carbocycles. The molecule has 2 aliphatic heterocycles. The first-order chi connectivity index (χ1) is 12.1. The van der Waals surface area contributed by atoms with Crippen LogP contribution in [-0.2, 0) is 9.59 Å². The predicted molar refractivity (Wildman–Crippen MR) is 91.6 cm³/mol. The van der Waals surface area contributed by atoms with E-state index < -0.39 is 11.6 Å². The summed E-state index contributed by atoms with van der Waals surface area (Å²) in [5.41, 5.74) is 0.360. The van der Waals surface area contributed by atoms with Gasteiger partial charge < -0.3 is 10.2 Å². The highest BCUT2D eigenvalue weighted by atomic mass is 16.2. The first-order valence-electron chi connectivity index (χ1n) is 9.09. The van der Waals surface area contributed by atoms with Crippen LogP contribution in [0, 0.1) is 0 Å². The Morgan fingerprint density at radius 1 is 1.12 bits per heavy atom. The summed E-state index contributed by atoms with van der Waals surface area (Å²) in [7, 11) is 0. The zero-order valence-corrected chi connectivity index (χ0v) is 14.2. The first kappa shape index (κ1) is 16.1. The molecule has 1 unspecified atom stereocenters. The lowest BCUT2D eigenvalue weighted by atomic mass is 9.98. The number of likely N-dealkylation sites (tertiary alicyclic amines) is 1. The Kier molecular flexibility index (Phi) is 3.98. The molecule has 1 aromatic rings. The van der Waals surface area contributed by atoms with Gasteiger partial charge in [-0.25, -0.2) is 4.79 Å². The highest BCUT2D eigenvalue weighted by Gasteiger charge is 2.53. The molecular formula is C19H23N3O3. The van der Waals surface area contributed by atoms with Crippen LogP contribution in [0.2, 0.25) is 0 Å². The second-order valence-corrected chi connectivity index (χ2v) is 7.27. The number of nitrogens with one attached hydrogen (secondary N) is 1. The smallest absolute Gasteiger partial charge is 0.325 e. The summed E-state index contributed by atoms with van der Waals surface area (Å²) >= 11 is 0. The monoisotopic (exact) mass is 341 g/mol. The van der Waals surface area contributed by atoms with Crippen molar-refractivity contribution in [2.45, 2.75) is 50.1 Å². The van der Waals surface area contributed by atoms with Gasteiger partial charge in [0.25, 0.3) is 5.91 Å². The molecule has 25 heavy (non-hydrogen) atoms. The Labute approximate surface area is 147 Å². The average Bonchev–Trinajstić information content (AvgIpc) is 3.33. The number of benzene rings is 1. The number of rotatable bonds is 3. The molecular weight excluding hydrogens is 318 g/mol. The van der Waals surface area contributed by atoms with Crippen LogP contribution in [-0.4, -0.2) is 46.3 Å². The Balaban J connectivity index is 1.48. The molecule has 4 rings (SSSR count). The topological polar surface area (TPSA) is 69.7 Å². The molecule has 6 heteroatoms. The van der Waals surface area contributed by atoms with Crippen LogP contribution in [0.25, 0.3) is 0 Å². The average molecular weight is 341 g/mol. The maximum atomic E-state index is 12.8. The second-order valence-electron chi connectivity index (χ2n) is 7.27. The molecule has 1 saturated carbocycles. The Morgan fingerprint density at radius 2 is 1.84 bits per heavy atom. The minimum atomic E-state index is -0.749. The quantitative estimate of drug-likeness (QED) is 0.857. The molecule has 2 heterocycles. The summed E-state index contributed by atoms with van der Waals surface area (Å²) in [4.78, 5) is 40.8. The zero-order valence-electron chi connectivity index (χ0n) is 14.2. The molecule has 1 spiro atoms. The van der Waals surface area contributed by atoms with Crippen molar-refractivity contribution in [3.05, 3.63) is 35.9 Å². The SMILES string of the molecule is O=C1NC2(CCCC2)C(=O)N1CC(=O)N1CCCC1c1ccccc1. The normalized spacial score (nSPS) is 25.0. The van der Waals surface area contributed by atoms with Crippen molar-refractivity contribution in [3.8, 4) is 0 Å². The summed E-state index contributed by atoms with van der Waals surface area (Å²) in [6, 6.07) is 9.56. The standard InChI is InChI=1S/C19H23N3O3/c23-16(21-12-6-9-15(21)14-7-2-1-3-8-14)13-22-17(24)19(20-18(22)25)10-4-5-11-19/h1-3,7-8,15H,4-6,9-13H2,(H,20,25). The van der Waals surface area contributed by atoms with Gasteiger partial charge in [-0.15, -0.1) is 0 Å². The number of amides is 4. The molecule has 1 aromatic carbocycles. The van der Waals surface area contributed by atoms with Gasteiger partial charge in [0.05, 0.1) is 6.04 Å². The summed E-state index contributed by atoms with van der Waals surface area (Å²) < 4.78 is 0. The van der Waals surface area contributed by atoms with Gasteiger partial charge in [0.2, 0.25) is 5.91 Å². The van der Waals surface area contributed by atoms with Gasteiger partial charge in [-0.2, -0.15) is 0 Å². The lowest BCUT2D eigenvalue weighted by Gasteiger charge is -2.27. The van der Waals surface area contributed by atoms with E-state index in [0.717, 1.165) is 36.1 Å². The fraction of sp³-hybridized carbons (Fsp3) is 0.526. The molecule has 132 valence electrons. The number of carbonyl (C=O) groups excluding carboxylic acids is 3. The largest absolute Gasteiger partial charge is 0.334 e. The third-order valence-corrected chi connectivity index (χ3v) is 5.75. The number of hydrogen-bond acceptors (Lipinski definition) is 3. The van der Waals surface area contributed by atoms with Gasteiger partial charge in [0.15, 0.2) is 0 Å². The third-order valence-electron chi connectivity index (χ3n) is 5.75. The maximum absolute atomic E-state index is 12.8. The molecule has 4 amide bonds. The van der Waals surface area contributed by atoms with Crippen LogP contribution >= 0.6 is 0 Å². The minimum absolute atomic E-state index is 0.0370. The maximum Gasteiger partial charge on any atom is 0.325 e. The van der Waals surface area contributed by atoms with E-state index in [2.05, 4.69) is 5.32 Å². The fourth-order valence-corrected chi connectivity index (χ4v) is 4.45. The van der Waals surface area contributed by atoms with Crippen LogP contribution in [0.15, 0.2) is 30.3 Å². The van der Waals surface area contributed by atoms with Crippen molar-refractivity contribution >= 4 is 17.8 Å². The molecule has 1 N–H and O–H groups in total. The Morgan fingerprint density at radius 3 is 2.56 bits per heavy atom. The Hall–Kier alpha value is -2.37. The molecule has 0 bridgehead atoms. The Bertz CT molecular complexity index is 697. The van der Waals surface area contributed by atoms with Crippen LogP contribution in [0.1, 0.15) is 50.1 Å². The van der Waals surface area contributed by atoms with Gasteiger partial charge in [-0.05, 0) is 31.2 Å².